The fraction of sp³-hybridized carbons (Fsp3) is 0.222. The number of aromatic nitrogens is 4. The molecular weight excluding hydrogens is 230 g/mol. The Bertz CT molecular complexity index is 495. The molecule has 1 aromatic heterocycles. The predicted octanol–water partition coefficient (Wildman–Crippen LogP) is 1.72. The molecule has 0 N–H and O–H groups in total. The number of nitrogens with zero attached hydrogens (tertiary/aromatic N) is 5. The van der Waals surface area contributed by atoms with Crippen LogP contribution < -0.4 is 0 Å². The molecule has 6 nitrogen and oxygen atoms in total. The van der Waals surface area contributed by atoms with E-state index in [0.717, 1.165) is 0 Å². The number of benzene rings is 1. The molecule has 0 amide bonds. The van der Waals surface area contributed by atoms with Gasteiger partial charge in [-0.1, -0.05) is 28.9 Å². The maximum atomic E-state index is 10.8. The van der Waals surface area contributed by atoms with E-state index in [1.165, 1.54) is 4.68 Å². The van der Waals surface area contributed by atoms with Gasteiger partial charge in [0.05, 0.1) is 0 Å². The lowest BCUT2D eigenvalue weighted by atomic mass is 10.1. The lowest BCUT2D eigenvalue weighted by molar-refractivity contribution is 0.648. The average molecular weight is 238 g/mol. The van der Waals surface area contributed by atoms with Crippen molar-refractivity contribution in [1.29, 1.82) is 0 Å². The van der Waals surface area contributed by atoms with E-state index < -0.39 is 6.04 Å². The normalized spacial score (nSPS) is 12.4. The van der Waals surface area contributed by atoms with Crippen LogP contribution in [0, 0.1) is 4.91 Å². The molecule has 7 heteroatoms. The second-order valence-electron chi connectivity index (χ2n) is 3.22. The quantitative estimate of drug-likeness (QED) is 0.762. The minimum Gasteiger partial charge on any atom is -0.230 e. The first-order chi connectivity index (χ1) is 7.72. The summed E-state index contributed by atoms with van der Waals surface area (Å²) in [5, 5.41) is 14.5. The SMILES string of the molecule is Cn1nnnc1C(N=O)c1ccc(Cl)cc1. The number of rotatable bonds is 3. The summed E-state index contributed by atoms with van der Waals surface area (Å²) in [4.78, 5) is 10.8. The van der Waals surface area contributed by atoms with Crippen LogP contribution in [0.4, 0.5) is 0 Å². The van der Waals surface area contributed by atoms with Gasteiger partial charge >= 0.3 is 0 Å². The molecule has 0 saturated carbocycles. The van der Waals surface area contributed by atoms with Crippen molar-refractivity contribution in [2.24, 2.45) is 12.2 Å². The van der Waals surface area contributed by atoms with Crippen LogP contribution in [0.15, 0.2) is 29.4 Å². The molecule has 1 atom stereocenters. The minimum absolute atomic E-state index is 0.400. The van der Waals surface area contributed by atoms with Crippen molar-refractivity contribution in [3.8, 4) is 0 Å². The zero-order chi connectivity index (χ0) is 11.5. The van der Waals surface area contributed by atoms with Crippen LogP contribution in [0.2, 0.25) is 5.02 Å². The van der Waals surface area contributed by atoms with Crippen LogP contribution in [-0.2, 0) is 7.05 Å². The summed E-state index contributed by atoms with van der Waals surface area (Å²) in [5.41, 5.74) is 0.706. The molecule has 0 radical (unpaired) electrons. The highest BCUT2D eigenvalue weighted by molar-refractivity contribution is 6.30. The summed E-state index contributed by atoms with van der Waals surface area (Å²) < 4.78 is 1.42. The summed E-state index contributed by atoms with van der Waals surface area (Å²) in [6.45, 7) is 0. The lowest BCUT2D eigenvalue weighted by Crippen LogP contribution is -2.06. The summed E-state index contributed by atoms with van der Waals surface area (Å²) in [6.07, 6.45) is 0. The van der Waals surface area contributed by atoms with E-state index in [-0.39, 0.29) is 0 Å². The first-order valence-electron chi connectivity index (χ1n) is 4.52. The molecule has 0 aliphatic rings. The highest BCUT2D eigenvalue weighted by atomic mass is 35.5. The number of aryl methyl sites for hydroxylation is 1. The van der Waals surface area contributed by atoms with Crippen LogP contribution in [0.3, 0.4) is 0 Å². The van der Waals surface area contributed by atoms with E-state index in [4.69, 9.17) is 11.6 Å². The van der Waals surface area contributed by atoms with Gasteiger partial charge in [0, 0.05) is 12.1 Å². The van der Waals surface area contributed by atoms with Crippen molar-refractivity contribution in [3.63, 3.8) is 0 Å². The van der Waals surface area contributed by atoms with Crippen molar-refractivity contribution in [3.05, 3.63) is 45.6 Å². The zero-order valence-corrected chi connectivity index (χ0v) is 9.16. The number of halogens is 1. The standard InChI is InChI=1S/C9H8ClN5O/c1-15-9(11-13-14-15)8(12-16)6-2-4-7(10)5-3-6/h2-5,8H,1H3. The lowest BCUT2D eigenvalue weighted by Gasteiger charge is -2.07. The van der Waals surface area contributed by atoms with Gasteiger partial charge in [0.1, 0.15) is 0 Å². The molecule has 82 valence electrons. The Balaban J connectivity index is 2.40. The second-order valence-corrected chi connectivity index (χ2v) is 3.66. The Morgan fingerprint density at radius 1 is 1.38 bits per heavy atom. The van der Waals surface area contributed by atoms with Crippen LogP contribution in [0.25, 0.3) is 0 Å². The molecule has 1 heterocycles. The van der Waals surface area contributed by atoms with Gasteiger partial charge in [0.15, 0.2) is 11.9 Å². The van der Waals surface area contributed by atoms with Gasteiger partial charge in [-0.2, -0.15) is 0 Å². The smallest absolute Gasteiger partial charge is 0.183 e. The Kier molecular flexibility index (Phi) is 2.91. The van der Waals surface area contributed by atoms with E-state index >= 15 is 0 Å². The Labute approximate surface area is 96.2 Å². The van der Waals surface area contributed by atoms with Crippen LogP contribution in [0.5, 0.6) is 0 Å². The minimum atomic E-state index is -0.711. The van der Waals surface area contributed by atoms with Crippen molar-refractivity contribution in [2.75, 3.05) is 0 Å². The monoisotopic (exact) mass is 237 g/mol. The second kappa shape index (κ2) is 4.36. The maximum absolute atomic E-state index is 10.8. The molecular formula is C9H8ClN5O. The van der Waals surface area contributed by atoms with Crippen molar-refractivity contribution >= 4 is 11.6 Å². The number of nitroso groups, excluding NO2 is 1. The molecule has 0 aliphatic carbocycles. The molecule has 0 bridgehead atoms. The van der Waals surface area contributed by atoms with Gasteiger partial charge in [-0.3, -0.25) is 0 Å². The topological polar surface area (TPSA) is 73.0 Å². The highest BCUT2D eigenvalue weighted by Gasteiger charge is 2.20. The van der Waals surface area contributed by atoms with Crippen molar-refractivity contribution in [2.45, 2.75) is 6.04 Å². The molecule has 0 spiro atoms. The van der Waals surface area contributed by atoms with Gasteiger partial charge in [-0.25, -0.2) is 4.68 Å². The molecule has 1 unspecified atom stereocenters. The molecule has 0 saturated heterocycles. The van der Waals surface area contributed by atoms with Gasteiger partial charge < -0.3 is 0 Å². The van der Waals surface area contributed by atoms with Gasteiger partial charge in [0.2, 0.25) is 0 Å². The fourth-order valence-corrected chi connectivity index (χ4v) is 1.50. The third-order valence-electron chi connectivity index (χ3n) is 2.19. The zero-order valence-electron chi connectivity index (χ0n) is 8.41. The number of hydrogen-bond acceptors (Lipinski definition) is 5. The molecule has 1 aromatic carbocycles. The fourth-order valence-electron chi connectivity index (χ4n) is 1.37. The summed E-state index contributed by atoms with van der Waals surface area (Å²) in [6, 6.07) is 6.13. The van der Waals surface area contributed by atoms with E-state index in [2.05, 4.69) is 20.7 Å². The molecule has 0 aliphatic heterocycles. The molecule has 16 heavy (non-hydrogen) atoms. The van der Waals surface area contributed by atoms with Crippen LogP contribution >= 0.6 is 11.6 Å². The Morgan fingerprint density at radius 3 is 2.56 bits per heavy atom. The number of hydrogen-bond donors (Lipinski definition) is 0. The third kappa shape index (κ3) is 1.92. The first-order valence-corrected chi connectivity index (χ1v) is 4.90. The van der Waals surface area contributed by atoms with E-state index in [0.29, 0.717) is 16.4 Å². The van der Waals surface area contributed by atoms with E-state index in [1.807, 2.05) is 0 Å². The predicted molar refractivity (Wildman–Crippen MR) is 57.9 cm³/mol. The maximum Gasteiger partial charge on any atom is 0.183 e. The summed E-state index contributed by atoms with van der Waals surface area (Å²) in [5.74, 6) is 0.400. The van der Waals surface area contributed by atoms with Crippen LogP contribution in [0.1, 0.15) is 17.4 Å². The molecule has 0 fully saturated rings. The average Bonchev–Trinajstić information content (AvgIpc) is 2.69. The van der Waals surface area contributed by atoms with Crippen LogP contribution in [-0.4, -0.2) is 20.2 Å². The van der Waals surface area contributed by atoms with Crippen molar-refractivity contribution < 1.29 is 0 Å². The Hall–Kier alpha value is -1.82. The van der Waals surface area contributed by atoms with Gasteiger partial charge in [-0.05, 0) is 28.1 Å². The Morgan fingerprint density at radius 2 is 2.06 bits per heavy atom. The molecule has 2 rings (SSSR count). The highest BCUT2D eigenvalue weighted by Crippen LogP contribution is 2.24. The third-order valence-corrected chi connectivity index (χ3v) is 2.44. The molecule has 2 aromatic rings. The summed E-state index contributed by atoms with van der Waals surface area (Å²) >= 11 is 5.76. The van der Waals surface area contributed by atoms with E-state index in [1.54, 1.807) is 31.3 Å². The number of tetrazole rings is 1. The van der Waals surface area contributed by atoms with E-state index in [9.17, 15) is 4.91 Å². The first kappa shape index (κ1) is 10.7. The summed E-state index contributed by atoms with van der Waals surface area (Å²) in [7, 11) is 1.66. The van der Waals surface area contributed by atoms with Gasteiger partial charge in [-0.15, -0.1) is 10.0 Å². The van der Waals surface area contributed by atoms with Gasteiger partial charge in [0.25, 0.3) is 0 Å². The largest absolute Gasteiger partial charge is 0.230 e. The van der Waals surface area contributed by atoms with Crippen molar-refractivity contribution in [1.82, 2.24) is 20.2 Å².